The van der Waals surface area contributed by atoms with E-state index in [9.17, 15) is 19.5 Å². The number of carbonyl (C=O) groups is 3. The van der Waals surface area contributed by atoms with Crippen LogP contribution in [0.5, 0.6) is 0 Å². The summed E-state index contributed by atoms with van der Waals surface area (Å²) in [4.78, 5) is 37.4. The van der Waals surface area contributed by atoms with Crippen molar-refractivity contribution in [1.29, 1.82) is 0 Å². The maximum atomic E-state index is 12.4. The number of amides is 2. The van der Waals surface area contributed by atoms with Crippen LogP contribution in [0.1, 0.15) is 36.3 Å². The molecule has 8 heteroatoms. The van der Waals surface area contributed by atoms with E-state index < -0.39 is 18.1 Å². The zero-order chi connectivity index (χ0) is 23.2. The molecule has 7 nitrogen and oxygen atoms in total. The number of ether oxygens (including phenoxy) is 1. The quantitative estimate of drug-likeness (QED) is 0.573. The van der Waals surface area contributed by atoms with E-state index in [1.165, 1.54) is 27.8 Å². The number of aliphatic carboxylic acids is 1. The van der Waals surface area contributed by atoms with Gasteiger partial charge in [-0.25, -0.2) is 9.59 Å². The summed E-state index contributed by atoms with van der Waals surface area (Å²) in [6.07, 6.45) is 1.70. The number of thioether (sulfide) groups is 1. The number of likely N-dealkylation sites (tertiary alicyclic amines) is 1. The van der Waals surface area contributed by atoms with Crippen molar-refractivity contribution in [3.05, 3.63) is 59.7 Å². The minimum absolute atomic E-state index is 0.0156. The van der Waals surface area contributed by atoms with Crippen molar-refractivity contribution in [1.82, 2.24) is 10.2 Å². The molecule has 1 atom stereocenters. The number of nitrogens with one attached hydrogen (secondary N) is 1. The van der Waals surface area contributed by atoms with Gasteiger partial charge in [-0.05, 0) is 41.5 Å². The second kappa shape index (κ2) is 10.7. The van der Waals surface area contributed by atoms with Gasteiger partial charge in [-0.2, -0.15) is 11.8 Å². The Balaban J connectivity index is 1.19. The van der Waals surface area contributed by atoms with Gasteiger partial charge >= 0.3 is 12.1 Å². The molecule has 2 aromatic rings. The zero-order valence-electron chi connectivity index (χ0n) is 18.4. The summed E-state index contributed by atoms with van der Waals surface area (Å²) in [6.45, 7) is 1.13. The van der Waals surface area contributed by atoms with Crippen molar-refractivity contribution in [3.63, 3.8) is 0 Å². The van der Waals surface area contributed by atoms with Crippen molar-refractivity contribution >= 4 is 29.7 Å². The summed E-state index contributed by atoms with van der Waals surface area (Å²) in [7, 11) is 0. The van der Waals surface area contributed by atoms with Gasteiger partial charge in [0.05, 0.1) is 5.75 Å². The fourth-order valence-corrected chi connectivity index (χ4v) is 5.34. The molecule has 1 fully saturated rings. The lowest BCUT2D eigenvalue weighted by molar-refractivity contribution is -0.150. The van der Waals surface area contributed by atoms with Gasteiger partial charge in [0, 0.05) is 24.8 Å². The highest BCUT2D eigenvalue weighted by atomic mass is 32.2. The van der Waals surface area contributed by atoms with Gasteiger partial charge < -0.3 is 20.1 Å². The second-order valence-corrected chi connectivity index (χ2v) is 9.35. The van der Waals surface area contributed by atoms with Crippen molar-refractivity contribution in [2.24, 2.45) is 0 Å². The summed E-state index contributed by atoms with van der Waals surface area (Å²) in [6, 6.07) is 15.6. The standard InChI is InChI=1S/C25H28N2O5S/c28-23(27-13-6-5-11-22(27)24(29)30)16-33-14-12-26-25(31)32-15-21-19-9-3-1-7-17(19)18-8-2-4-10-20(18)21/h1-4,7-10,21-22H,5-6,11-16H2,(H,26,31)(H,29,30)/t22-/m1/s1. The van der Waals surface area contributed by atoms with Crippen LogP contribution in [0.15, 0.2) is 48.5 Å². The van der Waals surface area contributed by atoms with Gasteiger partial charge in [0.25, 0.3) is 0 Å². The second-order valence-electron chi connectivity index (χ2n) is 8.24. The fourth-order valence-electron chi connectivity index (χ4n) is 4.60. The van der Waals surface area contributed by atoms with E-state index in [0.29, 0.717) is 25.3 Å². The Bertz CT molecular complexity index is 982. The molecular weight excluding hydrogens is 440 g/mol. The Morgan fingerprint density at radius 2 is 1.70 bits per heavy atom. The lowest BCUT2D eigenvalue weighted by atomic mass is 9.98. The number of alkyl carbamates (subject to hydrolysis) is 1. The normalized spacial score (nSPS) is 17.2. The summed E-state index contributed by atoms with van der Waals surface area (Å²) in [5, 5.41) is 12.0. The average Bonchev–Trinajstić information content (AvgIpc) is 3.16. The first kappa shape index (κ1) is 23.2. The fraction of sp³-hybridized carbons (Fsp3) is 0.400. The molecule has 1 aliphatic carbocycles. The Morgan fingerprint density at radius 3 is 2.36 bits per heavy atom. The summed E-state index contributed by atoms with van der Waals surface area (Å²) in [5.41, 5.74) is 4.69. The maximum absolute atomic E-state index is 12.4. The Labute approximate surface area is 197 Å². The number of carbonyl (C=O) groups excluding carboxylic acids is 2. The molecule has 0 aromatic heterocycles. The molecule has 33 heavy (non-hydrogen) atoms. The monoisotopic (exact) mass is 468 g/mol. The molecule has 2 aromatic carbocycles. The summed E-state index contributed by atoms with van der Waals surface area (Å²) < 4.78 is 5.50. The van der Waals surface area contributed by atoms with Crippen molar-refractivity contribution in [2.75, 3.05) is 31.2 Å². The molecule has 2 aliphatic rings. The van der Waals surface area contributed by atoms with Gasteiger partial charge in [0.2, 0.25) is 5.91 Å². The smallest absolute Gasteiger partial charge is 0.407 e. The van der Waals surface area contributed by atoms with Crippen molar-refractivity contribution in [3.8, 4) is 11.1 Å². The van der Waals surface area contributed by atoms with E-state index in [-0.39, 0.29) is 24.2 Å². The highest BCUT2D eigenvalue weighted by Crippen LogP contribution is 2.44. The Kier molecular flexibility index (Phi) is 7.54. The lowest BCUT2D eigenvalue weighted by Gasteiger charge is -2.32. The number of nitrogens with zero attached hydrogens (tertiary/aromatic N) is 1. The van der Waals surface area contributed by atoms with Gasteiger partial charge in [0.1, 0.15) is 12.6 Å². The first-order chi connectivity index (χ1) is 16.1. The van der Waals surface area contributed by atoms with E-state index in [0.717, 1.165) is 24.0 Å². The number of hydrogen-bond acceptors (Lipinski definition) is 5. The van der Waals surface area contributed by atoms with E-state index in [4.69, 9.17) is 4.74 Å². The van der Waals surface area contributed by atoms with Crippen LogP contribution in [0, 0.1) is 0 Å². The van der Waals surface area contributed by atoms with Crippen LogP contribution in [0.4, 0.5) is 4.79 Å². The largest absolute Gasteiger partial charge is 0.480 e. The van der Waals surface area contributed by atoms with Gasteiger partial charge in [-0.3, -0.25) is 4.79 Å². The molecule has 2 amide bonds. The number of piperidine rings is 1. The highest BCUT2D eigenvalue weighted by molar-refractivity contribution is 7.99. The molecular formula is C25H28N2O5S. The van der Waals surface area contributed by atoms with Crippen molar-refractivity contribution in [2.45, 2.75) is 31.2 Å². The minimum atomic E-state index is -0.940. The molecule has 2 N–H and O–H groups in total. The number of hydrogen-bond donors (Lipinski definition) is 2. The molecule has 0 radical (unpaired) electrons. The van der Waals surface area contributed by atoms with Gasteiger partial charge in [0.15, 0.2) is 0 Å². The number of rotatable bonds is 8. The topological polar surface area (TPSA) is 95.9 Å². The van der Waals surface area contributed by atoms with Gasteiger partial charge in [-0.1, -0.05) is 48.5 Å². The van der Waals surface area contributed by atoms with Gasteiger partial charge in [-0.15, -0.1) is 0 Å². The average molecular weight is 469 g/mol. The highest BCUT2D eigenvalue weighted by Gasteiger charge is 2.31. The number of fused-ring (bicyclic) bond motifs is 3. The van der Waals surface area contributed by atoms with E-state index in [1.54, 1.807) is 0 Å². The minimum Gasteiger partial charge on any atom is -0.480 e. The molecule has 1 saturated heterocycles. The molecule has 0 unspecified atom stereocenters. The molecule has 174 valence electrons. The zero-order valence-corrected chi connectivity index (χ0v) is 19.2. The molecule has 0 bridgehead atoms. The summed E-state index contributed by atoms with van der Waals surface area (Å²) >= 11 is 1.38. The van der Waals surface area contributed by atoms with E-state index in [1.807, 2.05) is 24.3 Å². The molecule has 0 saturated carbocycles. The van der Waals surface area contributed by atoms with Crippen LogP contribution in [-0.4, -0.2) is 65.2 Å². The first-order valence-corrected chi connectivity index (χ1v) is 12.4. The third kappa shape index (κ3) is 5.33. The Morgan fingerprint density at radius 1 is 1.03 bits per heavy atom. The van der Waals surface area contributed by atoms with Crippen LogP contribution < -0.4 is 5.32 Å². The lowest BCUT2D eigenvalue weighted by Crippen LogP contribution is -2.48. The van der Waals surface area contributed by atoms with Crippen LogP contribution >= 0.6 is 11.8 Å². The van der Waals surface area contributed by atoms with Crippen LogP contribution in [-0.2, 0) is 14.3 Å². The van der Waals surface area contributed by atoms with Crippen molar-refractivity contribution < 1.29 is 24.2 Å². The molecule has 0 spiro atoms. The van der Waals surface area contributed by atoms with E-state index >= 15 is 0 Å². The first-order valence-electron chi connectivity index (χ1n) is 11.2. The number of carboxylic acid groups (broad SMARTS) is 1. The van der Waals surface area contributed by atoms with E-state index in [2.05, 4.69) is 29.6 Å². The predicted molar refractivity (Wildman–Crippen MR) is 127 cm³/mol. The molecule has 1 heterocycles. The molecule has 4 rings (SSSR count). The predicted octanol–water partition coefficient (Wildman–Crippen LogP) is 3.72. The van der Waals surface area contributed by atoms with Crippen LogP contribution in [0.25, 0.3) is 11.1 Å². The summed E-state index contributed by atoms with van der Waals surface area (Å²) in [5.74, 6) is -0.336. The van der Waals surface area contributed by atoms with Crippen LogP contribution in [0.3, 0.4) is 0 Å². The SMILES string of the molecule is O=C(NCCSCC(=O)N1CCCC[C@@H]1C(=O)O)OCC1c2ccccc2-c2ccccc21. The number of carboxylic acids is 1. The maximum Gasteiger partial charge on any atom is 0.407 e. The third-order valence-electron chi connectivity index (χ3n) is 6.19. The Hall–Kier alpha value is -3.00. The molecule has 1 aliphatic heterocycles. The number of benzene rings is 2. The third-order valence-corrected chi connectivity index (χ3v) is 7.14. The van der Waals surface area contributed by atoms with Crippen LogP contribution in [0.2, 0.25) is 0 Å².